The zero-order valence-corrected chi connectivity index (χ0v) is 20.1. The molecule has 0 bridgehead atoms. The van der Waals surface area contributed by atoms with Crippen molar-refractivity contribution >= 4 is 11.8 Å². The van der Waals surface area contributed by atoms with Crippen molar-refractivity contribution in [1.29, 1.82) is 0 Å². The highest BCUT2D eigenvalue weighted by atomic mass is 16.6. The molecule has 0 spiro atoms. The number of nitrogens with two attached hydrogens (primary N) is 1. The zero-order chi connectivity index (χ0) is 24.7. The molecule has 2 aromatic heterocycles. The molecule has 0 aliphatic rings. The monoisotopic (exact) mass is 461 g/mol. The summed E-state index contributed by atoms with van der Waals surface area (Å²) in [7, 11) is 0. The van der Waals surface area contributed by atoms with Crippen LogP contribution in [0.2, 0.25) is 0 Å². The topological polar surface area (TPSA) is 104 Å². The van der Waals surface area contributed by atoms with Crippen LogP contribution in [0.25, 0.3) is 11.1 Å². The highest BCUT2D eigenvalue weighted by Crippen LogP contribution is 2.26. The number of aromatic nitrogens is 2. The first kappa shape index (κ1) is 25.1. The molecule has 1 atom stereocenters. The van der Waals surface area contributed by atoms with Gasteiger partial charge in [-0.05, 0) is 63.4 Å². The van der Waals surface area contributed by atoms with Crippen LogP contribution < -0.4 is 10.5 Å². The lowest BCUT2D eigenvalue weighted by Crippen LogP contribution is -2.34. The molecular formula is C27H31N3O4. The smallest absolute Gasteiger partial charge is 0.344 e. The number of benzene rings is 1. The standard InChI is InChI=1S/C27H31N3O4/c1-18-12-20(10-11-29-18)22-14-21(15-24(31)23(28)13-19-8-6-5-7-9-19)26(30-16-22)33-17-25(32)34-27(2,3)4/h5-12,14,16,23H,13,15,17,28H2,1-4H3/t23-/m0/s1. The van der Waals surface area contributed by atoms with Gasteiger partial charge in [-0.15, -0.1) is 0 Å². The number of pyridine rings is 2. The summed E-state index contributed by atoms with van der Waals surface area (Å²) in [6.45, 7) is 6.95. The van der Waals surface area contributed by atoms with E-state index in [1.165, 1.54) is 0 Å². The summed E-state index contributed by atoms with van der Waals surface area (Å²) < 4.78 is 11.0. The SMILES string of the molecule is Cc1cc(-c2cnc(OCC(=O)OC(C)(C)C)c(CC(=O)[C@@H](N)Cc3ccccc3)c2)ccn1. The lowest BCUT2D eigenvalue weighted by atomic mass is 9.97. The number of ether oxygens (including phenoxy) is 2. The number of carbonyl (C=O) groups excluding carboxylic acids is 2. The number of carbonyl (C=O) groups is 2. The van der Waals surface area contributed by atoms with Crippen molar-refractivity contribution in [2.75, 3.05) is 6.61 Å². The minimum atomic E-state index is -0.673. The van der Waals surface area contributed by atoms with Gasteiger partial charge in [0.05, 0.1) is 6.04 Å². The molecule has 3 aromatic rings. The quantitative estimate of drug-likeness (QED) is 0.483. The largest absolute Gasteiger partial charge is 0.465 e. The van der Waals surface area contributed by atoms with Crippen molar-refractivity contribution in [2.24, 2.45) is 5.73 Å². The predicted molar refractivity (Wildman–Crippen MR) is 130 cm³/mol. The van der Waals surface area contributed by atoms with Gasteiger partial charge in [-0.3, -0.25) is 9.78 Å². The third kappa shape index (κ3) is 7.49. The molecule has 178 valence electrons. The normalized spacial score (nSPS) is 12.1. The Kier molecular flexibility index (Phi) is 8.12. The number of rotatable bonds is 9. The van der Waals surface area contributed by atoms with Gasteiger partial charge in [0.15, 0.2) is 12.4 Å². The average Bonchev–Trinajstić information content (AvgIpc) is 2.77. The fourth-order valence-corrected chi connectivity index (χ4v) is 3.44. The van der Waals surface area contributed by atoms with Crippen LogP contribution in [-0.4, -0.2) is 40.0 Å². The van der Waals surface area contributed by atoms with Gasteiger partial charge in [0.25, 0.3) is 0 Å². The number of Topliss-reactive ketones (excluding diaryl/α,β-unsaturated/α-hetero) is 1. The van der Waals surface area contributed by atoms with Crippen LogP contribution in [0.4, 0.5) is 0 Å². The molecule has 0 saturated carbocycles. The molecule has 34 heavy (non-hydrogen) atoms. The Morgan fingerprint density at radius 2 is 1.76 bits per heavy atom. The van der Waals surface area contributed by atoms with Gasteiger partial charge in [0, 0.05) is 35.6 Å². The first-order chi connectivity index (χ1) is 16.1. The number of ketones is 1. The van der Waals surface area contributed by atoms with E-state index in [4.69, 9.17) is 15.2 Å². The Morgan fingerprint density at radius 3 is 2.44 bits per heavy atom. The van der Waals surface area contributed by atoms with E-state index in [0.29, 0.717) is 12.0 Å². The maximum atomic E-state index is 13.0. The van der Waals surface area contributed by atoms with Crippen molar-refractivity contribution < 1.29 is 19.1 Å². The first-order valence-electron chi connectivity index (χ1n) is 11.2. The lowest BCUT2D eigenvalue weighted by Gasteiger charge is -2.20. The van der Waals surface area contributed by atoms with Crippen molar-refractivity contribution in [3.63, 3.8) is 0 Å². The van der Waals surface area contributed by atoms with E-state index in [1.807, 2.05) is 55.5 Å². The van der Waals surface area contributed by atoms with Crippen molar-refractivity contribution in [3.05, 3.63) is 77.7 Å². The lowest BCUT2D eigenvalue weighted by molar-refractivity contribution is -0.157. The Hall–Kier alpha value is -3.58. The maximum absolute atomic E-state index is 13.0. The van der Waals surface area contributed by atoms with Crippen LogP contribution in [0, 0.1) is 6.92 Å². The summed E-state index contributed by atoms with van der Waals surface area (Å²) in [5.41, 5.74) is 9.74. The minimum absolute atomic E-state index is 0.0303. The van der Waals surface area contributed by atoms with Gasteiger partial charge in [-0.25, -0.2) is 9.78 Å². The fourth-order valence-electron chi connectivity index (χ4n) is 3.44. The number of aryl methyl sites for hydroxylation is 1. The van der Waals surface area contributed by atoms with Crippen LogP contribution in [0.1, 0.15) is 37.6 Å². The number of hydrogen-bond acceptors (Lipinski definition) is 7. The Morgan fingerprint density at radius 1 is 1.03 bits per heavy atom. The molecule has 0 aliphatic heterocycles. The van der Waals surface area contributed by atoms with Crippen LogP contribution in [-0.2, 0) is 27.2 Å². The molecular weight excluding hydrogens is 430 g/mol. The molecule has 0 radical (unpaired) electrons. The molecule has 7 nitrogen and oxygen atoms in total. The average molecular weight is 462 g/mol. The van der Waals surface area contributed by atoms with Crippen LogP contribution in [0.15, 0.2) is 60.9 Å². The summed E-state index contributed by atoms with van der Waals surface area (Å²) in [5.74, 6) is -0.447. The molecule has 7 heteroatoms. The number of hydrogen-bond donors (Lipinski definition) is 1. The summed E-state index contributed by atoms with van der Waals surface area (Å²) in [6, 6.07) is 14.6. The van der Waals surface area contributed by atoms with Gasteiger partial charge < -0.3 is 15.2 Å². The number of esters is 1. The molecule has 1 aromatic carbocycles. The van der Waals surface area contributed by atoms with E-state index in [1.54, 1.807) is 33.2 Å². The molecule has 0 aliphatic carbocycles. The summed E-state index contributed by atoms with van der Waals surface area (Å²) in [4.78, 5) is 33.8. The van der Waals surface area contributed by atoms with Gasteiger partial charge >= 0.3 is 5.97 Å². The van der Waals surface area contributed by atoms with Gasteiger partial charge in [0.2, 0.25) is 5.88 Å². The minimum Gasteiger partial charge on any atom is -0.465 e. The molecule has 2 heterocycles. The van der Waals surface area contributed by atoms with Gasteiger partial charge in [-0.2, -0.15) is 0 Å². The second-order valence-corrected chi connectivity index (χ2v) is 9.19. The van der Waals surface area contributed by atoms with E-state index in [0.717, 1.165) is 22.4 Å². The third-order valence-electron chi connectivity index (χ3n) is 4.98. The molecule has 0 unspecified atom stereocenters. The second kappa shape index (κ2) is 11.0. The summed E-state index contributed by atoms with van der Waals surface area (Å²) in [6.07, 6.45) is 3.84. The maximum Gasteiger partial charge on any atom is 0.344 e. The Labute approximate surface area is 200 Å². The van der Waals surface area contributed by atoms with E-state index in [9.17, 15) is 9.59 Å². The van der Waals surface area contributed by atoms with Crippen LogP contribution in [0.5, 0.6) is 5.88 Å². The first-order valence-corrected chi connectivity index (χ1v) is 11.2. The van der Waals surface area contributed by atoms with Crippen molar-refractivity contribution in [2.45, 2.75) is 52.2 Å². The van der Waals surface area contributed by atoms with E-state index in [2.05, 4.69) is 9.97 Å². The fraction of sp³-hybridized carbons (Fsp3) is 0.333. The predicted octanol–water partition coefficient (Wildman–Crippen LogP) is 3.85. The van der Waals surface area contributed by atoms with E-state index < -0.39 is 17.6 Å². The third-order valence-corrected chi connectivity index (χ3v) is 4.98. The number of nitrogens with zero attached hydrogens (tertiary/aromatic N) is 2. The zero-order valence-electron chi connectivity index (χ0n) is 20.1. The molecule has 2 N–H and O–H groups in total. The highest BCUT2D eigenvalue weighted by molar-refractivity contribution is 5.87. The van der Waals surface area contributed by atoms with Gasteiger partial charge in [0.1, 0.15) is 5.60 Å². The van der Waals surface area contributed by atoms with E-state index in [-0.39, 0.29) is 24.7 Å². The molecule has 0 amide bonds. The summed E-state index contributed by atoms with van der Waals surface area (Å²) in [5, 5.41) is 0. The molecule has 3 rings (SSSR count). The van der Waals surface area contributed by atoms with Crippen molar-refractivity contribution in [1.82, 2.24) is 9.97 Å². The molecule has 0 saturated heterocycles. The second-order valence-electron chi connectivity index (χ2n) is 9.19. The summed E-state index contributed by atoms with van der Waals surface area (Å²) >= 11 is 0. The Balaban J connectivity index is 1.82. The molecule has 0 fully saturated rings. The van der Waals surface area contributed by atoms with Crippen LogP contribution >= 0.6 is 0 Å². The van der Waals surface area contributed by atoms with Gasteiger partial charge in [-0.1, -0.05) is 30.3 Å². The van der Waals surface area contributed by atoms with E-state index >= 15 is 0 Å². The van der Waals surface area contributed by atoms with Crippen LogP contribution in [0.3, 0.4) is 0 Å². The Bertz CT molecular complexity index is 1140. The highest BCUT2D eigenvalue weighted by Gasteiger charge is 2.21. The van der Waals surface area contributed by atoms with Crippen molar-refractivity contribution in [3.8, 4) is 17.0 Å².